The second kappa shape index (κ2) is 6.32. The number of aromatic nitrogens is 1. The molecule has 2 rings (SSSR count). The number of anilines is 1. The van der Waals surface area contributed by atoms with E-state index in [2.05, 4.69) is 27.9 Å². The number of rotatable bonds is 4. The highest BCUT2D eigenvalue weighted by Gasteiger charge is 2.27. The number of thiazole rings is 1. The van der Waals surface area contributed by atoms with Crippen LogP contribution in [0.5, 0.6) is 0 Å². The van der Waals surface area contributed by atoms with Crippen LogP contribution in [0.25, 0.3) is 0 Å². The molecular weight excluding hydrogens is 276 g/mol. The van der Waals surface area contributed by atoms with E-state index in [9.17, 15) is 9.59 Å². The first-order valence-electron chi connectivity index (χ1n) is 6.71. The molecule has 0 unspecified atom stereocenters. The molecule has 7 heteroatoms. The minimum absolute atomic E-state index is 0.150. The Bertz CT molecular complexity index is 494. The first-order valence-corrected chi connectivity index (χ1v) is 7.58. The maximum absolute atomic E-state index is 12.0. The zero-order valence-corrected chi connectivity index (χ0v) is 12.6. The summed E-state index contributed by atoms with van der Waals surface area (Å²) in [6.45, 7) is 6.25. The number of nitrogens with zero attached hydrogens (tertiary/aromatic N) is 1. The van der Waals surface area contributed by atoms with E-state index >= 15 is 0 Å². The van der Waals surface area contributed by atoms with Crippen LogP contribution in [0.15, 0.2) is 5.38 Å². The van der Waals surface area contributed by atoms with Crippen LogP contribution in [0.2, 0.25) is 0 Å². The van der Waals surface area contributed by atoms with Crippen molar-refractivity contribution in [3.05, 3.63) is 11.1 Å². The van der Waals surface area contributed by atoms with Gasteiger partial charge in [-0.2, -0.15) is 0 Å². The molecule has 0 aromatic carbocycles. The highest BCUT2D eigenvalue weighted by Crippen LogP contribution is 2.26. The van der Waals surface area contributed by atoms with Gasteiger partial charge in [0.2, 0.25) is 5.91 Å². The van der Waals surface area contributed by atoms with Crippen LogP contribution >= 0.6 is 11.3 Å². The van der Waals surface area contributed by atoms with Gasteiger partial charge in [0, 0.05) is 18.8 Å². The van der Waals surface area contributed by atoms with E-state index in [4.69, 9.17) is 0 Å². The lowest BCUT2D eigenvalue weighted by Crippen LogP contribution is -2.42. The molecule has 2 heterocycles. The van der Waals surface area contributed by atoms with Gasteiger partial charge in [0.05, 0.1) is 0 Å². The average Bonchev–Trinajstić information content (AvgIpc) is 2.85. The lowest BCUT2D eigenvalue weighted by molar-refractivity contribution is -0.114. The molecule has 2 amide bonds. The molecule has 6 nitrogen and oxygen atoms in total. The SMILES string of the molecule is CC(=O)Nc1nc(C(=O)NCC2(C)CCNCC2)cs1. The smallest absolute Gasteiger partial charge is 0.270 e. The Kier molecular flexibility index (Phi) is 4.72. The van der Waals surface area contributed by atoms with Gasteiger partial charge in [0.15, 0.2) is 5.13 Å². The lowest BCUT2D eigenvalue weighted by Gasteiger charge is -2.34. The molecule has 110 valence electrons. The number of carbonyl (C=O) groups excluding carboxylic acids is 2. The van der Waals surface area contributed by atoms with Crippen molar-refractivity contribution >= 4 is 28.3 Å². The molecule has 20 heavy (non-hydrogen) atoms. The van der Waals surface area contributed by atoms with Crippen molar-refractivity contribution in [3.8, 4) is 0 Å². The van der Waals surface area contributed by atoms with E-state index in [0.29, 0.717) is 17.4 Å². The highest BCUT2D eigenvalue weighted by atomic mass is 32.1. The van der Waals surface area contributed by atoms with Gasteiger partial charge in [0.25, 0.3) is 5.91 Å². The van der Waals surface area contributed by atoms with Crippen LogP contribution in [0.3, 0.4) is 0 Å². The van der Waals surface area contributed by atoms with Gasteiger partial charge < -0.3 is 16.0 Å². The van der Waals surface area contributed by atoms with Crippen LogP contribution in [0.4, 0.5) is 5.13 Å². The number of piperidine rings is 1. The Hall–Kier alpha value is -1.47. The van der Waals surface area contributed by atoms with Crippen LogP contribution in [0, 0.1) is 5.41 Å². The number of hydrogen-bond acceptors (Lipinski definition) is 5. The van der Waals surface area contributed by atoms with Crippen molar-refractivity contribution in [2.45, 2.75) is 26.7 Å². The fourth-order valence-corrected chi connectivity index (χ4v) is 2.91. The normalized spacial score (nSPS) is 17.5. The molecule has 0 radical (unpaired) electrons. The second-order valence-electron chi connectivity index (χ2n) is 5.46. The Morgan fingerprint density at radius 1 is 1.45 bits per heavy atom. The van der Waals surface area contributed by atoms with Crippen molar-refractivity contribution in [2.24, 2.45) is 5.41 Å². The maximum Gasteiger partial charge on any atom is 0.270 e. The van der Waals surface area contributed by atoms with E-state index in [1.54, 1.807) is 5.38 Å². The topological polar surface area (TPSA) is 83.1 Å². The zero-order chi connectivity index (χ0) is 14.6. The summed E-state index contributed by atoms with van der Waals surface area (Å²) in [4.78, 5) is 27.0. The molecule has 0 bridgehead atoms. The second-order valence-corrected chi connectivity index (χ2v) is 6.32. The maximum atomic E-state index is 12.0. The van der Waals surface area contributed by atoms with Gasteiger partial charge in [-0.25, -0.2) is 4.98 Å². The van der Waals surface area contributed by atoms with Crippen molar-refractivity contribution in [1.82, 2.24) is 15.6 Å². The fraction of sp³-hybridized carbons (Fsp3) is 0.615. The molecule has 1 aliphatic heterocycles. The standard InChI is InChI=1S/C13H20N4O2S/c1-9(18)16-12-17-10(7-20-12)11(19)15-8-13(2)3-5-14-6-4-13/h7,14H,3-6,8H2,1-2H3,(H,15,19)(H,16,17,18). The third kappa shape index (κ3) is 4.01. The van der Waals surface area contributed by atoms with E-state index in [1.807, 2.05) is 0 Å². The molecule has 3 N–H and O–H groups in total. The zero-order valence-electron chi connectivity index (χ0n) is 11.8. The molecular formula is C13H20N4O2S. The monoisotopic (exact) mass is 296 g/mol. The van der Waals surface area contributed by atoms with Crippen molar-refractivity contribution in [2.75, 3.05) is 25.0 Å². The molecule has 1 fully saturated rings. The summed E-state index contributed by atoms with van der Waals surface area (Å²) in [6, 6.07) is 0. The first-order chi connectivity index (χ1) is 9.48. The Balaban J connectivity index is 1.88. The van der Waals surface area contributed by atoms with E-state index in [0.717, 1.165) is 25.9 Å². The van der Waals surface area contributed by atoms with Crippen LogP contribution in [-0.4, -0.2) is 36.4 Å². The minimum atomic E-state index is -0.187. The third-order valence-corrected chi connectivity index (χ3v) is 4.26. The number of hydrogen-bond donors (Lipinski definition) is 3. The highest BCUT2D eigenvalue weighted by molar-refractivity contribution is 7.14. The molecule has 1 aliphatic rings. The molecule has 0 saturated carbocycles. The van der Waals surface area contributed by atoms with Crippen LogP contribution in [0.1, 0.15) is 37.2 Å². The summed E-state index contributed by atoms with van der Waals surface area (Å²) in [6.07, 6.45) is 2.11. The van der Waals surface area contributed by atoms with Gasteiger partial charge in [0.1, 0.15) is 5.69 Å². The molecule has 0 spiro atoms. The quantitative estimate of drug-likeness (QED) is 0.780. The first kappa shape index (κ1) is 14.9. The number of carbonyl (C=O) groups is 2. The third-order valence-electron chi connectivity index (χ3n) is 3.51. The Morgan fingerprint density at radius 3 is 2.80 bits per heavy atom. The summed E-state index contributed by atoms with van der Waals surface area (Å²) < 4.78 is 0. The van der Waals surface area contributed by atoms with E-state index in [-0.39, 0.29) is 17.2 Å². The number of amides is 2. The summed E-state index contributed by atoms with van der Waals surface area (Å²) in [5.74, 6) is -0.369. The lowest BCUT2D eigenvalue weighted by atomic mass is 9.81. The molecule has 1 saturated heterocycles. The average molecular weight is 296 g/mol. The minimum Gasteiger partial charge on any atom is -0.350 e. The van der Waals surface area contributed by atoms with Crippen molar-refractivity contribution in [1.29, 1.82) is 0 Å². The van der Waals surface area contributed by atoms with E-state index in [1.165, 1.54) is 18.3 Å². The van der Waals surface area contributed by atoms with Crippen LogP contribution < -0.4 is 16.0 Å². The summed E-state index contributed by atoms with van der Waals surface area (Å²) >= 11 is 1.25. The van der Waals surface area contributed by atoms with Gasteiger partial charge >= 0.3 is 0 Å². The number of nitrogens with one attached hydrogen (secondary N) is 3. The summed E-state index contributed by atoms with van der Waals surface area (Å²) in [7, 11) is 0. The predicted octanol–water partition coefficient (Wildman–Crippen LogP) is 1.22. The molecule has 0 atom stereocenters. The van der Waals surface area contributed by atoms with Crippen LogP contribution in [-0.2, 0) is 4.79 Å². The van der Waals surface area contributed by atoms with E-state index < -0.39 is 0 Å². The largest absolute Gasteiger partial charge is 0.350 e. The summed E-state index contributed by atoms with van der Waals surface area (Å²) in [5, 5.41) is 10.9. The van der Waals surface area contributed by atoms with Gasteiger partial charge in [-0.3, -0.25) is 9.59 Å². The van der Waals surface area contributed by atoms with Gasteiger partial charge in [-0.1, -0.05) is 6.92 Å². The van der Waals surface area contributed by atoms with Crippen molar-refractivity contribution < 1.29 is 9.59 Å². The molecule has 1 aromatic rings. The summed E-state index contributed by atoms with van der Waals surface area (Å²) in [5.41, 5.74) is 0.508. The fourth-order valence-electron chi connectivity index (χ4n) is 2.18. The van der Waals surface area contributed by atoms with Gasteiger partial charge in [-0.05, 0) is 31.3 Å². The molecule has 0 aliphatic carbocycles. The Labute approximate surface area is 122 Å². The Morgan fingerprint density at radius 2 is 2.15 bits per heavy atom. The van der Waals surface area contributed by atoms with Crippen molar-refractivity contribution in [3.63, 3.8) is 0 Å². The molecule has 1 aromatic heterocycles. The predicted molar refractivity (Wildman–Crippen MR) is 79.0 cm³/mol. The van der Waals surface area contributed by atoms with Gasteiger partial charge in [-0.15, -0.1) is 11.3 Å².